The van der Waals surface area contributed by atoms with Crippen LogP contribution in [0.15, 0.2) is 0 Å². The third-order valence-corrected chi connectivity index (χ3v) is 2.20. The van der Waals surface area contributed by atoms with Crippen molar-refractivity contribution in [2.24, 2.45) is 5.41 Å². The van der Waals surface area contributed by atoms with E-state index in [1.54, 1.807) is 6.92 Å². The van der Waals surface area contributed by atoms with Gasteiger partial charge in [-0.1, -0.05) is 0 Å². The van der Waals surface area contributed by atoms with Crippen molar-refractivity contribution >= 4 is 5.97 Å². The maximum atomic E-state index is 12.5. The van der Waals surface area contributed by atoms with Crippen LogP contribution >= 0.6 is 0 Å². The van der Waals surface area contributed by atoms with Crippen LogP contribution in [0.25, 0.3) is 0 Å². The highest BCUT2D eigenvalue weighted by Crippen LogP contribution is 2.39. The molecule has 0 aromatic carbocycles. The Morgan fingerprint density at radius 1 is 1.80 bits per heavy atom. The van der Waals surface area contributed by atoms with Gasteiger partial charge in [-0.15, -0.1) is 0 Å². The summed E-state index contributed by atoms with van der Waals surface area (Å²) in [5.41, 5.74) is -0.792. The molecule has 2 atom stereocenters. The minimum Gasteiger partial charge on any atom is -0.481 e. The van der Waals surface area contributed by atoms with Gasteiger partial charge in [0, 0.05) is 0 Å². The second kappa shape index (κ2) is 2.22. The average molecular weight is 146 g/mol. The molecule has 0 saturated heterocycles. The number of hydrogen-bond acceptors (Lipinski definition) is 1. The second-order valence-electron chi connectivity index (χ2n) is 3.21. The lowest BCUT2D eigenvalue weighted by Crippen LogP contribution is -2.24. The van der Waals surface area contributed by atoms with Crippen molar-refractivity contribution in [2.75, 3.05) is 0 Å². The van der Waals surface area contributed by atoms with Crippen LogP contribution < -0.4 is 0 Å². The number of halogens is 1. The highest BCUT2D eigenvalue weighted by atomic mass is 19.1. The van der Waals surface area contributed by atoms with E-state index < -0.39 is 17.6 Å². The molecule has 1 aliphatic carbocycles. The van der Waals surface area contributed by atoms with Gasteiger partial charge < -0.3 is 5.11 Å². The minimum absolute atomic E-state index is 0.183. The zero-order valence-corrected chi connectivity index (χ0v) is 5.93. The van der Waals surface area contributed by atoms with Crippen LogP contribution in [0.5, 0.6) is 0 Å². The largest absolute Gasteiger partial charge is 0.481 e. The Hall–Kier alpha value is -0.600. The molecular weight excluding hydrogens is 135 g/mol. The third kappa shape index (κ3) is 1.13. The van der Waals surface area contributed by atoms with Gasteiger partial charge in [0.25, 0.3) is 0 Å². The first-order valence-corrected chi connectivity index (χ1v) is 3.42. The van der Waals surface area contributed by atoms with E-state index in [2.05, 4.69) is 0 Å². The van der Waals surface area contributed by atoms with E-state index in [1.165, 1.54) is 0 Å². The molecule has 0 radical (unpaired) electrons. The molecule has 10 heavy (non-hydrogen) atoms. The monoisotopic (exact) mass is 146 g/mol. The van der Waals surface area contributed by atoms with Gasteiger partial charge in [-0.25, -0.2) is 4.39 Å². The Bertz CT molecular complexity index is 158. The molecule has 2 nitrogen and oxygen atoms in total. The highest BCUT2D eigenvalue weighted by molar-refractivity contribution is 5.74. The maximum absolute atomic E-state index is 12.5. The lowest BCUT2D eigenvalue weighted by atomic mass is 9.89. The van der Waals surface area contributed by atoms with Crippen LogP contribution in [0.4, 0.5) is 4.39 Å². The van der Waals surface area contributed by atoms with Crippen LogP contribution in [0.2, 0.25) is 0 Å². The van der Waals surface area contributed by atoms with Gasteiger partial charge in [0.2, 0.25) is 0 Å². The smallest absolute Gasteiger partial charge is 0.309 e. The summed E-state index contributed by atoms with van der Waals surface area (Å²) < 4.78 is 12.5. The maximum Gasteiger partial charge on any atom is 0.309 e. The molecule has 1 aliphatic rings. The fourth-order valence-electron chi connectivity index (χ4n) is 1.36. The fraction of sp³-hybridized carbons (Fsp3) is 0.857. The van der Waals surface area contributed by atoms with E-state index in [1.807, 2.05) is 0 Å². The summed E-state index contributed by atoms with van der Waals surface area (Å²) in [6.07, 6.45) is 0.162. The molecule has 0 aromatic rings. The summed E-state index contributed by atoms with van der Waals surface area (Å²) in [6.45, 7) is 1.61. The zero-order valence-electron chi connectivity index (χ0n) is 5.93. The molecule has 3 heteroatoms. The number of aliphatic carboxylic acids is 1. The Labute approximate surface area is 59.0 Å². The SMILES string of the molecule is CC1(C(=O)O)CCC(F)C1. The van der Waals surface area contributed by atoms with Gasteiger partial charge in [0.15, 0.2) is 0 Å². The highest BCUT2D eigenvalue weighted by Gasteiger charge is 2.41. The first-order valence-electron chi connectivity index (χ1n) is 3.42. The van der Waals surface area contributed by atoms with Crippen LogP contribution in [0.3, 0.4) is 0 Å². The molecule has 0 bridgehead atoms. The Balaban J connectivity index is 2.63. The molecule has 0 aromatic heterocycles. The zero-order chi connectivity index (χ0) is 7.78. The van der Waals surface area contributed by atoms with Gasteiger partial charge >= 0.3 is 5.97 Å². The third-order valence-electron chi connectivity index (χ3n) is 2.20. The number of alkyl halides is 1. The van der Waals surface area contributed by atoms with Crippen molar-refractivity contribution in [1.29, 1.82) is 0 Å². The minimum atomic E-state index is -0.902. The predicted molar refractivity (Wildman–Crippen MR) is 34.5 cm³/mol. The predicted octanol–water partition coefficient (Wildman–Crippen LogP) is 1.60. The first kappa shape index (κ1) is 7.51. The molecule has 0 heterocycles. The topological polar surface area (TPSA) is 37.3 Å². The van der Waals surface area contributed by atoms with Gasteiger partial charge in [-0.3, -0.25) is 4.79 Å². The van der Waals surface area contributed by atoms with Crippen molar-refractivity contribution in [3.05, 3.63) is 0 Å². The van der Waals surface area contributed by atoms with E-state index in [-0.39, 0.29) is 6.42 Å². The Morgan fingerprint density at radius 2 is 2.40 bits per heavy atom. The number of carboxylic acid groups (broad SMARTS) is 1. The van der Waals surface area contributed by atoms with Crippen molar-refractivity contribution in [1.82, 2.24) is 0 Å². The lowest BCUT2D eigenvalue weighted by molar-refractivity contribution is -0.147. The molecule has 1 saturated carbocycles. The average Bonchev–Trinajstić information content (AvgIpc) is 2.13. The van der Waals surface area contributed by atoms with Crippen molar-refractivity contribution in [3.63, 3.8) is 0 Å². The van der Waals surface area contributed by atoms with Gasteiger partial charge in [0.05, 0.1) is 5.41 Å². The van der Waals surface area contributed by atoms with Gasteiger partial charge in [0.1, 0.15) is 6.17 Å². The normalized spacial score (nSPS) is 40.0. The molecule has 1 rings (SSSR count). The summed E-state index contributed by atoms with van der Waals surface area (Å²) >= 11 is 0. The van der Waals surface area contributed by atoms with Crippen molar-refractivity contribution in [2.45, 2.75) is 32.4 Å². The molecule has 0 amide bonds. The molecular formula is C7H11FO2. The number of carboxylic acids is 1. The van der Waals surface area contributed by atoms with E-state index >= 15 is 0 Å². The Morgan fingerprint density at radius 3 is 2.60 bits per heavy atom. The number of rotatable bonds is 1. The number of carbonyl (C=O) groups is 1. The second-order valence-corrected chi connectivity index (χ2v) is 3.21. The molecule has 1 N–H and O–H groups in total. The lowest BCUT2D eigenvalue weighted by Gasteiger charge is -2.15. The summed E-state index contributed by atoms with van der Waals surface area (Å²) in [5.74, 6) is -0.868. The molecule has 1 fully saturated rings. The van der Waals surface area contributed by atoms with Gasteiger partial charge in [-0.05, 0) is 26.2 Å². The molecule has 2 unspecified atom stereocenters. The van der Waals surface area contributed by atoms with Gasteiger partial charge in [-0.2, -0.15) is 0 Å². The van der Waals surface area contributed by atoms with Crippen molar-refractivity contribution < 1.29 is 14.3 Å². The van der Waals surface area contributed by atoms with Crippen LogP contribution in [-0.4, -0.2) is 17.2 Å². The van der Waals surface area contributed by atoms with E-state index in [0.29, 0.717) is 12.8 Å². The summed E-state index contributed by atoms with van der Waals surface area (Å²) in [5, 5.41) is 8.62. The number of hydrogen-bond donors (Lipinski definition) is 1. The van der Waals surface area contributed by atoms with Crippen LogP contribution in [0.1, 0.15) is 26.2 Å². The summed E-state index contributed by atoms with van der Waals surface area (Å²) in [7, 11) is 0. The van der Waals surface area contributed by atoms with E-state index in [0.717, 1.165) is 0 Å². The van der Waals surface area contributed by atoms with E-state index in [9.17, 15) is 9.18 Å². The standard InChI is InChI=1S/C7H11FO2/c1-7(6(9)10)3-2-5(8)4-7/h5H,2-4H2,1H3,(H,9,10). The van der Waals surface area contributed by atoms with E-state index in [4.69, 9.17) is 5.11 Å². The quantitative estimate of drug-likeness (QED) is 0.610. The summed E-state index contributed by atoms with van der Waals surface area (Å²) in [6, 6.07) is 0. The first-order chi connectivity index (χ1) is 4.54. The summed E-state index contributed by atoms with van der Waals surface area (Å²) in [4.78, 5) is 10.5. The molecule has 0 aliphatic heterocycles. The fourth-order valence-corrected chi connectivity index (χ4v) is 1.36. The van der Waals surface area contributed by atoms with Crippen LogP contribution in [-0.2, 0) is 4.79 Å². The molecule has 0 spiro atoms. The van der Waals surface area contributed by atoms with Crippen molar-refractivity contribution in [3.8, 4) is 0 Å². The molecule has 58 valence electrons. The van der Waals surface area contributed by atoms with Crippen LogP contribution in [0, 0.1) is 5.41 Å². The Kier molecular flexibility index (Phi) is 1.67.